The van der Waals surface area contributed by atoms with E-state index in [1.807, 2.05) is 0 Å². The molecule has 2 aromatic rings. The van der Waals surface area contributed by atoms with Crippen LogP contribution >= 0.6 is 0 Å². The molecule has 1 amide bonds. The Morgan fingerprint density at radius 2 is 2.24 bits per heavy atom. The van der Waals surface area contributed by atoms with Gasteiger partial charge in [-0.3, -0.25) is 4.79 Å². The van der Waals surface area contributed by atoms with Crippen molar-refractivity contribution in [3.05, 3.63) is 58.3 Å². The predicted octanol–water partition coefficient (Wildman–Crippen LogP) is 1.02. The van der Waals surface area contributed by atoms with Gasteiger partial charge in [-0.05, 0) is 18.2 Å². The van der Waals surface area contributed by atoms with Gasteiger partial charge in [0.05, 0.1) is 12.2 Å². The number of carbonyl (C=O) groups is 1. The quantitative estimate of drug-likeness (QED) is 0.821. The van der Waals surface area contributed by atoms with Crippen LogP contribution in [0.25, 0.3) is 0 Å². The highest BCUT2D eigenvalue weighted by molar-refractivity contribution is 6.03. The molecular weight excluding hydrogens is 272 g/mol. The van der Waals surface area contributed by atoms with Crippen molar-refractivity contribution in [1.29, 1.82) is 0 Å². The first-order valence-electron chi connectivity index (χ1n) is 6.15. The zero-order chi connectivity index (χ0) is 15.1. The molecule has 0 aromatic carbocycles. The van der Waals surface area contributed by atoms with Crippen LogP contribution in [-0.2, 0) is 0 Å². The minimum absolute atomic E-state index is 0.000879. The summed E-state index contributed by atoms with van der Waals surface area (Å²) in [4.78, 5) is 26.8. The lowest BCUT2D eigenvalue weighted by atomic mass is 10.2. The van der Waals surface area contributed by atoms with E-state index in [1.165, 1.54) is 18.3 Å². The second kappa shape index (κ2) is 7.03. The Morgan fingerprint density at radius 3 is 2.95 bits per heavy atom. The highest BCUT2D eigenvalue weighted by Crippen LogP contribution is 2.08. The second-order valence-electron chi connectivity index (χ2n) is 4.00. The van der Waals surface area contributed by atoms with Crippen LogP contribution in [0.15, 0.2) is 45.9 Å². The SMILES string of the molecule is O=C(Nc1cc(C#CCCO)ccn1)c1ccc(=O)oc1. The first-order valence-corrected chi connectivity index (χ1v) is 6.15. The van der Waals surface area contributed by atoms with Crippen LogP contribution in [0.4, 0.5) is 5.82 Å². The van der Waals surface area contributed by atoms with E-state index in [1.54, 1.807) is 12.1 Å². The van der Waals surface area contributed by atoms with Crippen LogP contribution in [0, 0.1) is 11.8 Å². The minimum atomic E-state index is -0.522. The average Bonchev–Trinajstić information content (AvgIpc) is 2.48. The van der Waals surface area contributed by atoms with Crippen molar-refractivity contribution >= 4 is 11.7 Å². The molecule has 21 heavy (non-hydrogen) atoms. The van der Waals surface area contributed by atoms with E-state index in [0.29, 0.717) is 17.8 Å². The molecule has 0 bridgehead atoms. The van der Waals surface area contributed by atoms with Crippen molar-refractivity contribution in [3.63, 3.8) is 0 Å². The normalized spacial score (nSPS) is 9.57. The standard InChI is InChI=1S/C15H12N2O4/c18-8-2-1-3-11-6-7-16-13(9-11)17-15(20)12-4-5-14(19)21-10-12/h4-7,9-10,18H,2,8H2,(H,16,17,20). The number of rotatable bonds is 3. The van der Waals surface area contributed by atoms with E-state index in [2.05, 4.69) is 26.6 Å². The monoisotopic (exact) mass is 284 g/mol. The van der Waals surface area contributed by atoms with Crippen molar-refractivity contribution in [2.45, 2.75) is 6.42 Å². The van der Waals surface area contributed by atoms with Crippen molar-refractivity contribution in [3.8, 4) is 11.8 Å². The molecule has 0 atom stereocenters. The van der Waals surface area contributed by atoms with Gasteiger partial charge in [-0.1, -0.05) is 11.8 Å². The molecule has 2 rings (SSSR count). The summed E-state index contributed by atoms with van der Waals surface area (Å²) in [5.74, 6) is 5.52. The van der Waals surface area contributed by atoms with Gasteiger partial charge in [0, 0.05) is 24.2 Å². The lowest BCUT2D eigenvalue weighted by Gasteiger charge is -2.03. The smallest absolute Gasteiger partial charge is 0.335 e. The van der Waals surface area contributed by atoms with Crippen LogP contribution < -0.4 is 10.9 Å². The summed E-state index contributed by atoms with van der Waals surface area (Å²) in [5, 5.41) is 11.2. The highest BCUT2D eigenvalue weighted by atomic mass is 16.4. The first-order chi connectivity index (χ1) is 10.2. The van der Waals surface area contributed by atoms with Crippen LogP contribution in [0.5, 0.6) is 0 Å². The van der Waals surface area contributed by atoms with Gasteiger partial charge < -0.3 is 14.8 Å². The number of carbonyl (C=O) groups excluding carboxylic acids is 1. The number of aromatic nitrogens is 1. The summed E-state index contributed by atoms with van der Waals surface area (Å²) >= 11 is 0. The van der Waals surface area contributed by atoms with Crippen LogP contribution in [-0.4, -0.2) is 22.6 Å². The summed E-state index contributed by atoms with van der Waals surface area (Å²) in [7, 11) is 0. The third-order valence-corrected chi connectivity index (χ3v) is 2.43. The lowest BCUT2D eigenvalue weighted by molar-refractivity contribution is 0.102. The fourth-order valence-corrected chi connectivity index (χ4v) is 1.47. The first kappa shape index (κ1) is 14.5. The molecule has 0 aliphatic heterocycles. The van der Waals surface area contributed by atoms with Crippen molar-refractivity contribution in [2.24, 2.45) is 0 Å². The summed E-state index contributed by atoms with van der Waals surface area (Å²) in [6.07, 6.45) is 2.99. The van der Waals surface area contributed by atoms with E-state index in [4.69, 9.17) is 5.11 Å². The zero-order valence-corrected chi connectivity index (χ0v) is 11.0. The molecule has 6 heteroatoms. The maximum Gasteiger partial charge on any atom is 0.335 e. The number of aliphatic hydroxyl groups is 1. The van der Waals surface area contributed by atoms with E-state index in [-0.39, 0.29) is 12.2 Å². The molecule has 2 heterocycles. The van der Waals surface area contributed by atoms with E-state index >= 15 is 0 Å². The molecule has 0 aliphatic carbocycles. The number of pyridine rings is 1. The number of aliphatic hydroxyl groups excluding tert-OH is 1. The van der Waals surface area contributed by atoms with Gasteiger partial charge in [-0.25, -0.2) is 9.78 Å². The Labute approximate surface area is 120 Å². The van der Waals surface area contributed by atoms with Crippen LogP contribution in [0.2, 0.25) is 0 Å². The number of amides is 1. The van der Waals surface area contributed by atoms with Gasteiger partial charge in [0.1, 0.15) is 12.1 Å². The van der Waals surface area contributed by atoms with E-state index in [9.17, 15) is 9.59 Å². The number of hydrogen-bond acceptors (Lipinski definition) is 5. The minimum Gasteiger partial charge on any atom is -0.430 e. The zero-order valence-electron chi connectivity index (χ0n) is 11.0. The third-order valence-electron chi connectivity index (χ3n) is 2.43. The van der Waals surface area contributed by atoms with E-state index in [0.717, 1.165) is 6.26 Å². The van der Waals surface area contributed by atoms with Crippen molar-refractivity contribution < 1.29 is 14.3 Å². The Hall–Kier alpha value is -2.91. The number of hydrogen-bond donors (Lipinski definition) is 2. The summed E-state index contributed by atoms with van der Waals surface area (Å²) in [6, 6.07) is 5.84. The Balaban J connectivity index is 2.11. The van der Waals surface area contributed by atoms with Gasteiger partial charge in [0.2, 0.25) is 0 Å². The lowest BCUT2D eigenvalue weighted by Crippen LogP contribution is -2.13. The third kappa shape index (κ3) is 4.30. The molecule has 0 saturated carbocycles. The largest absolute Gasteiger partial charge is 0.430 e. The fraction of sp³-hybridized carbons (Fsp3) is 0.133. The summed E-state index contributed by atoms with van der Waals surface area (Å²) in [5.41, 5.74) is 0.368. The maximum absolute atomic E-state index is 11.9. The maximum atomic E-state index is 11.9. The predicted molar refractivity (Wildman–Crippen MR) is 75.7 cm³/mol. The number of nitrogens with zero attached hydrogens (tertiary/aromatic N) is 1. The van der Waals surface area contributed by atoms with E-state index < -0.39 is 11.5 Å². The molecule has 6 nitrogen and oxygen atoms in total. The molecular formula is C15H12N2O4. The Morgan fingerprint density at radius 1 is 1.38 bits per heavy atom. The molecule has 0 saturated heterocycles. The topological polar surface area (TPSA) is 92.4 Å². The molecule has 0 unspecified atom stereocenters. The molecule has 106 valence electrons. The highest BCUT2D eigenvalue weighted by Gasteiger charge is 2.07. The van der Waals surface area contributed by atoms with Gasteiger partial charge in [-0.2, -0.15) is 0 Å². The Bertz CT molecular complexity index is 736. The molecule has 0 radical (unpaired) electrons. The molecule has 0 aliphatic rings. The Kier molecular flexibility index (Phi) is 4.85. The molecule has 0 fully saturated rings. The van der Waals surface area contributed by atoms with Gasteiger partial charge in [0.25, 0.3) is 5.91 Å². The molecule has 2 aromatic heterocycles. The van der Waals surface area contributed by atoms with Crippen LogP contribution in [0.1, 0.15) is 22.3 Å². The van der Waals surface area contributed by atoms with Crippen molar-refractivity contribution in [2.75, 3.05) is 11.9 Å². The molecule has 2 N–H and O–H groups in total. The van der Waals surface area contributed by atoms with Gasteiger partial charge in [0.15, 0.2) is 0 Å². The number of nitrogens with one attached hydrogen (secondary N) is 1. The number of anilines is 1. The van der Waals surface area contributed by atoms with Crippen molar-refractivity contribution in [1.82, 2.24) is 4.98 Å². The average molecular weight is 284 g/mol. The summed E-state index contributed by atoms with van der Waals surface area (Å²) in [6.45, 7) is 0.000879. The summed E-state index contributed by atoms with van der Waals surface area (Å²) < 4.78 is 4.62. The fourth-order valence-electron chi connectivity index (χ4n) is 1.47. The van der Waals surface area contributed by atoms with Crippen LogP contribution in [0.3, 0.4) is 0 Å². The molecule has 0 spiro atoms. The van der Waals surface area contributed by atoms with Gasteiger partial charge >= 0.3 is 5.63 Å². The second-order valence-corrected chi connectivity index (χ2v) is 4.00. The van der Waals surface area contributed by atoms with Gasteiger partial charge in [-0.15, -0.1) is 0 Å².